The second-order valence-corrected chi connectivity index (χ2v) is 12.8. The highest BCUT2D eigenvalue weighted by atomic mass is 28.4. The second kappa shape index (κ2) is 7.91. The first-order valence-corrected chi connectivity index (χ1v) is 10.3. The van der Waals surface area contributed by atoms with Crippen molar-refractivity contribution in [1.29, 1.82) is 0 Å². The van der Waals surface area contributed by atoms with Gasteiger partial charge in [0.25, 0.3) is 0 Å². The van der Waals surface area contributed by atoms with Crippen molar-refractivity contribution in [3.05, 3.63) is 35.9 Å². The van der Waals surface area contributed by atoms with Crippen LogP contribution in [0.25, 0.3) is 0 Å². The number of hydrogen-bond donors (Lipinski definition) is 1. The van der Waals surface area contributed by atoms with E-state index < -0.39 is 18.7 Å². The Hall–Kier alpha value is -0.713. The highest BCUT2D eigenvalue weighted by molar-refractivity contribution is 6.72. The van der Waals surface area contributed by atoms with E-state index in [-0.39, 0.29) is 12.7 Å². The molecule has 0 saturated heterocycles. The molecule has 4 heteroatoms. The SMILES string of the molecule is CC(C)(C)[Si](F)(OC(CCO)CCc1ccccc1)C(C)(C)C. The molecule has 0 heterocycles. The minimum absolute atomic E-state index is 0.0260. The number of benzene rings is 1. The first-order chi connectivity index (χ1) is 10.5. The van der Waals surface area contributed by atoms with E-state index in [9.17, 15) is 5.11 Å². The Morgan fingerprint density at radius 1 is 1.00 bits per heavy atom. The number of rotatable bonds is 7. The van der Waals surface area contributed by atoms with Gasteiger partial charge in [-0.3, -0.25) is 4.11 Å². The third kappa shape index (κ3) is 5.40. The van der Waals surface area contributed by atoms with Crippen LogP contribution < -0.4 is 0 Å². The van der Waals surface area contributed by atoms with E-state index in [0.717, 1.165) is 12.8 Å². The maximum atomic E-state index is 15.9. The van der Waals surface area contributed by atoms with Crippen LogP contribution >= 0.6 is 0 Å². The third-order valence-corrected chi connectivity index (χ3v) is 8.82. The van der Waals surface area contributed by atoms with Crippen LogP contribution in [0.3, 0.4) is 0 Å². The lowest BCUT2D eigenvalue weighted by atomic mass is 10.1. The molecular formula is C19H33FO2Si. The van der Waals surface area contributed by atoms with E-state index in [4.69, 9.17) is 4.43 Å². The topological polar surface area (TPSA) is 29.5 Å². The number of halogens is 1. The summed E-state index contributed by atoms with van der Waals surface area (Å²) in [5.41, 5.74) is 1.22. The van der Waals surface area contributed by atoms with Gasteiger partial charge in [-0.15, -0.1) is 0 Å². The van der Waals surface area contributed by atoms with Gasteiger partial charge in [0, 0.05) is 16.7 Å². The molecule has 23 heavy (non-hydrogen) atoms. The molecule has 0 amide bonds. The summed E-state index contributed by atoms with van der Waals surface area (Å²) in [6.07, 6.45) is 1.81. The Bertz CT molecular complexity index is 448. The van der Waals surface area contributed by atoms with E-state index in [1.807, 2.05) is 59.7 Å². The van der Waals surface area contributed by atoms with E-state index in [0.29, 0.717) is 6.42 Å². The minimum Gasteiger partial charge on any atom is -0.396 e. The second-order valence-electron chi connectivity index (χ2n) is 8.37. The van der Waals surface area contributed by atoms with Crippen molar-refractivity contribution in [3.63, 3.8) is 0 Å². The van der Waals surface area contributed by atoms with Crippen LogP contribution in [0.2, 0.25) is 10.1 Å². The molecule has 0 radical (unpaired) electrons. The van der Waals surface area contributed by atoms with Gasteiger partial charge in [-0.1, -0.05) is 71.9 Å². The van der Waals surface area contributed by atoms with Crippen molar-refractivity contribution in [2.45, 2.75) is 77.0 Å². The molecule has 0 aromatic heterocycles. The van der Waals surface area contributed by atoms with Crippen LogP contribution in [0.1, 0.15) is 59.9 Å². The highest BCUT2D eigenvalue weighted by Crippen LogP contribution is 2.53. The molecule has 0 saturated carbocycles. The van der Waals surface area contributed by atoms with Crippen LogP contribution in [-0.4, -0.2) is 26.5 Å². The molecule has 0 bridgehead atoms. The number of aliphatic hydroxyl groups excluding tert-OH is 1. The van der Waals surface area contributed by atoms with Crippen LogP contribution in [0.4, 0.5) is 4.11 Å². The van der Waals surface area contributed by atoms with Gasteiger partial charge in [0.15, 0.2) is 0 Å². The molecule has 1 rings (SSSR count). The summed E-state index contributed by atoms with van der Waals surface area (Å²) in [4.78, 5) is 0. The maximum Gasteiger partial charge on any atom is 0.394 e. The average Bonchev–Trinajstić information content (AvgIpc) is 2.43. The zero-order chi connectivity index (χ0) is 17.7. The Labute approximate surface area is 142 Å². The summed E-state index contributed by atoms with van der Waals surface area (Å²) in [6, 6.07) is 10.2. The molecule has 1 aromatic rings. The highest BCUT2D eigenvalue weighted by Gasteiger charge is 2.58. The largest absolute Gasteiger partial charge is 0.396 e. The molecule has 0 aliphatic heterocycles. The lowest BCUT2D eigenvalue weighted by Gasteiger charge is -2.45. The normalized spacial score (nSPS) is 14.8. The van der Waals surface area contributed by atoms with E-state index >= 15 is 4.11 Å². The number of aliphatic hydroxyl groups is 1. The van der Waals surface area contributed by atoms with Crippen molar-refractivity contribution >= 4 is 8.65 Å². The molecule has 0 spiro atoms. The molecule has 132 valence electrons. The Morgan fingerprint density at radius 3 is 1.96 bits per heavy atom. The molecular weight excluding hydrogens is 307 g/mol. The third-order valence-electron chi connectivity index (χ3n) is 4.31. The van der Waals surface area contributed by atoms with Gasteiger partial charge in [-0.05, 0) is 24.8 Å². The summed E-state index contributed by atoms with van der Waals surface area (Å²) in [5, 5.41) is 8.33. The average molecular weight is 341 g/mol. The van der Waals surface area contributed by atoms with E-state index in [1.165, 1.54) is 5.56 Å². The zero-order valence-corrected chi connectivity index (χ0v) is 16.5. The fourth-order valence-corrected chi connectivity index (χ4v) is 6.74. The van der Waals surface area contributed by atoms with Crippen LogP contribution in [0.15, 0.2) is 30.3 Å². The fourth-order valence-electron chi connectivity index (χ4n) is 3.09. The Balaban J connectivity index is 2.87. The van der Waals surface area contributed by atoms with Crippen molar-refractivity contribution in [1.82, 2.24) is 0 Å². The molecule has 2 nitrogen and oxygen atoms in total. The summed E-state index contributed by atoms with van der Waals surface area (Å²) in [5.74, 6) is 0. The van der Waals surface area contributed by atoms with Crippen molar-refractivity contribution in [2.24, 2.45) is 0 Å². The quantitative estimate of drug-likeness (QED) is 0.532. The van der Waals surface area contributed by atoms with Crippen LogP contribution in [0, 0.1) is 0 Å². The molecule has 1 unspecified atom stereocenters. The van der Waals surface area contributed by atoms with Gasteiger partial charge in [0.1, 0.15) is 0 Å². The summed E-state index contributed by atoms with van der Waals surface area (Å²) >= 11 is 0. The predicted octanol–water partition coefficient (Wildman–Crippen LogP) is 5.40. The summed E-state index contributed by atoms with van der Waals surface area (Å²) in [7, 11) is -3.50. The van der Waals surface area contributed by atoms with Crippen molar-refractivity contribution in [3.8, 4) is 0 Å². The lowest BCUT2D eigenvalue weighted by Crippen LogP contribution is -2.53. The lowest BCUT2D eigenvalue weighted by molar-refractivity contribution is 0.101. The first-order valence-electron chi connectivity index (χ1n) is 8.53. The van der Waals surface area contributed by atoms with Crippen LogP contribution in [0.5, 0.6) is 0 Å². The summed E-state index contributed by atoms with van der Waals surface area (Å²) in [6.45, 7) is 11.6. The predicted molar refractivity (Wildman–Crippen MR) is 97.6 cm³/mol. The standard InChI is InChI=1S/C19H33FO2Si/c1-18(2,3)23(20,19(4,5)6)22-17(14-15-21)13-12-16-10-8-7-9-11-16/h7-11,17,21H,12-15H2,1-6H3. The molecule has 1 N–H and O–H groups in total. The van der Waals surface area contributed by atoms with E-state index in [1.54, 1.807) is 0 Å². The van der Waals surface area contributed by atoms with Gasteiger partial charge < -0.3 is 9.53 Å². The van der Waals surface area contributed by atoms with Gasteiger partial charge in [-0.2, -0.15) is 0 Å². The Kier molecular flexibility index (Phi) is 6.99. The van der Waals surface area contributed by atoms with Gasteiger partial charge >= 0.3 is 8.65 Å². The minimum atomic E-state index is -3.50. The van der Waals surface area contributed by atoms with Gasteiger partial charge in [-0.25, -0.2) is 0 Å². The van der Waals surface area contributed by atoms with E-state index in [2.05, 4.69) is 12.1 Å². The number of hydrogen-bond acceptors (Lipinski definition) is 2. The Morgan fingerprint density at radius 2 is 1.52 bits per heavy atom. The maximum absolute atomic E-state index is 15.9. The molecule has 1 aromatic carbocycles. The van der Waals surface area contributed by atoms with Gasteiger partial charge in [0.05, 0.1) is 6.10 Å². The van der Waals surface area contributed by atoms with Crippen molar-refractivity contribution < 1.29 is 13.6 Å². The molecule has 1 atom stereocenters. The zero-order valence-electron chi connectivity index (χ0n) is 15.5. The summed E-state index contributed by atoms with van der Waals surface area (Å²) < 4.78 is 22.1. The van der Waals surface area contributed by atoms with Crippen molar-refractivity contribution in [2.75, 3.05) is 6.61 Å². The molecule has 0 fully saturated rings. The smallest absolute Gasteiger partial charge is 0.394 e. The molecule has 0 aliphatic rings. The monoisotopic (exact) mass is 340 g/mol. The number of aryl methyl sites for hydroxylation is 1. The fraction of sp³-hybridized carbons (Fsp3) is 0.684. The molecule has 0 aliphatic carbocycles. The van der Waals surface area contributed by atoms with Gasteiger partial charge in [0.2, 0.25) is 0 Å². The van der Waals surface area contributed by atoms with Crippen LogP contribution in [-0.2, 0) is 10.8 Å². The first kappa shape index (κ1) is 20.3.